The van der Waals surface area contributed by atoms with Crippen LogP contribution in [0, 0.1) is 0 Å². The SMILES string of the molecule is O=C1CCCc2cc3c(cc21)OCO3. The molecule has 0 atom stereocenters. The molecule has 0 N–H and O–H groups in total. The Bertz CT molecular complexity index is 409. The standard InChI is InChI=1S/C11H10O3/c12-9-3-1-2-7-4-10-11(5-8(7)9)14-6-13-10/h4-5H,1-3,6H2. The first kappa shape index (κ1) is 7.85. The number of carbonyl (C=O) groups excluding carboxylic acids is 1. The molecule has 0 amide bonds. The van der Waals surface area contributed by atoms with E-state index in [0.717, 1.165) is 29.7 Å². The molecule has 0 fully saturated rings. The highest BCUT2D eigenvalue weighted by atomic mass is 16.7. The number of hydrogen-bond donors (Lipinski definition) is 0. The minimum absolute atomic E-state index is 0.226. The highest BCUT2D eigenvalue weighted by Crippen LogP contribution is 2.37. The lowest BCUT2D eigenvalue weighted by molar-refractivity contribution is 0.0972. The van der Waals surface area contributed by atoms with Crippen LogP contribution in [0.1, 0.15) is 28.8 Å². The molecule has 3 nitrogen and oxygen atoms in total. The van der Waals surface area contributed by atoms with Crippen LogP contribution in [0.15, 0.2) is 12.1 Å². The highest BCUT2D eigenvalue weighted by molar-refractivity contribution is 5.99. The second-order valence-corrected chi connectivity index (χ2v) is 3.64. The largest absolute Gasteiger partial charge is 0.454 e. The smallest absolute Gasteiger partial charge is 0.231 e. The Balaban J connectivity index is 2.17. The Morgan fingerprint density at radius 1 is 1.07 bits per heavy atom. The Morgan fingerprint density at radius 3 is 2.71 bits per heavy atom. The summed E-state index contributed by atoms with van der Waals surface area (Å²) >= 11 is 0. The molecule has 0 bridgehead atoms. The van der Waals surface area contributed by atoms with Crippen molar-refractivity contribution in [2.75, 3.05) is 6.79 Å². The van der Waals surface area contributed by atoms with Gasteiger partial charge in [-0.2, -0.15) is 0 Å². The highest BCUT2D eigenvalue weighted by Gasteiger charge is 2.23. The van der Waals surface area contributed by atoms with E-state index in [0.29, 0.717) is 12.2 Å². The van der Waals surface area contributed by atoms with E-state index in [2.05, 4.69) is 0 Å². The van der Waals surface area contributed by atoms with Gasteiger partial charge in [-0.3, -0.25) is 4.79 Å². The van der Waals surface area contributed by atoms with Crippen molar-refractivity contribution in [3.63, 3.8) is 0 Å². The van der Waals surface area contributed by atoms with Crippen molar-refractivity contribution >= 4 is 5.78 Å². The molecule has 0 unspecified atom stereocenters. The van der Waals surface area contributed by atoms with Crippen LogP contribution >= 0.6 is 0 Å². The van der Waals surface area contributed by atoms with Gasteiger partial charge in [0.05, 0.1) is 0 Å². The second kappa shape index (κ2) is 2.74. The molecule has 72 valence electrons. The molecule has 3 heteroatoms. The van der Waals surface area contributed by atoms with Gasteiger partial charge in [-0.1, -0.05) is 0 Å². The van der Waals surface area contributed by atoms with E-state index < -0.39 is 0 Å². The lowest BCUT2D eigenvalue weighted by atomic mass is 9.90. The van der Waals surface area contributed by atoms with Crippen LogP contribution in [0.4, 0.5) is 0 Å². The van der Waals surface area contributed by atoms with Crippen molar-refractivity contribution in [1.82, 2.24) is 0 Å². The summed E-state index contributed by atoms with van der Waals surface area (Å²) in [6.07, 6.45) is 2.58. The first-order chi connectivity index (χ1) is 6.84. The molecule has 14 heavy (non-hydrogen) atoms. The van der Waals surface area contributed by atoms with E-state index in [4.69, 9.17) is 9.47 Å². The van der Waals surface area contributed by atoms with Crippen molar-refractivity contribution in [2.24, 2.45) is 0 Å². The Kier molecular flexibility index (Phi) is 1.54. The van der Waals surface area contributed by atoms with Crippen molar-refractivity contribution in [1.29, 1.82) is 0 Å². The number of ether oxygens (including phenoxy) is 2. The maximum atomic E-state index is 11.6. The van der Waals surface area contributed by atoms with Gasteiger partial charge in [0.1, 0.15) is 0 Å². The number of ketones is 1. The number of benzene rings is 1. The molecule has 1 aromatic carbocycles. The van der Waals surface area contributed by atoms with Gasteiger partial charge >= 0.3 is 0 Å². The number of Topliss-reactive ketones (excluding diaryl/α,β-unsaturated/α-hetero) is 1. The van der Waals surface area contributed by atoms with Crippen LogP contribution in [0.2, 0.25) is 0 Å². The zero-order valence-corrected chi connectivity index (χ0v) is 7.71. The topological polar surface area (TPSA) is 35.5 Å². The maximum absolute atomic E-state index is 11.6. The van der Waals surface area contributed by atoms with Gasteiger partial charge in [-0.15, -0.1) is 0 Å². The number of rotatable bonds is 0. The van der Waals surface area contributed by atoms with E-state index in [1.165, 1.54) is 0 Å². The van der Waals surface area contributed by atoms with Crippen LogP contribution < -0.4 is 9.47 Å². The minimum atomic E-state index is 0.226. The van der Waals surface area contributed by atoms with Crippen LogP contribution in [0.25, 0.3) is 0 Å². The third kappa shape index (κ3) is 1.02. The number of hydrogen-bond acceptors (Lipinski definition) is 3. The van der Waals surface area contributed by atoms with Crippen molar-refractivity contribution in [2.45, 2.75) is 19.3 Å². The summed E-state index contributed by atoms with van der Waals surface area (Å²) in [5.74, 6) is 1.71. The van der Waals surface area contributed by atoms with Gasteiger partial charge in [0.2, 0.25) is 6.79 Å². The second-order valence-electron chi connectivity index (χ2n) is 3.64. The zero-order valence-electron chi connectivity index (χ0n) is 7.71. The molecular formula is C11H10O3. The predicted octanol–water partition coefficient (Wildman–Crippen LogP) is 1.93. The average molecular weight is 190 g/mol. The molecule has 0 spiro atoms. The first-order valence-electron chi connectivity index (χ1n) is 4.80. The molecule has 1 heterocycles. The molecular weight excluding hydrogens is 180 g/mol. The molecule has 0 aromatic heterocycles. The number of fused-ring (bicyclic) bond motifs is 2. The van der Waals surface area contributed by atoms with E-state index >= 15 is 0 Å². The van der Waals surface area contributed by atoms with Crippen molar-refractivity contribution < 1.29 is 14.3 Å². The fourth-order valence-electron chi connectivity index (χ4n) is 2.02. The summed E-state index contributed by atoms with van der Waals surface area (Å²) in [4.78, 5) is 11.6. The van der Waals surface area contributed by atoms with Gasteiger partial charge in [-0.05, 0) is 30.5 Å². The van der Waals surface area contributed by atoms with E-state index in [1.807, 2.05) is 12.1 Å². The lowest BCUT2D eigenvalue weighted by Gasteiger charge is -2.14. The van der Waals surface area contributed by atoms with Crippen LogP contribution in [0.5, 0.6) is 11.5 Å². The summed E-state index contributed by atoms with van der Waals surface area (Å²) < 4.78 is 10.5. The monoisotopic (exact) mass is 190 g/mol. The number of carbonyl (C=O) groups is 1. The minimum Gasteiger partial charge on any atom is -0.454 e. The lowest BCUT2D eigenvalue weighted by Crippen LogP contribution is -2.10. The van der Waals surface area contributed by atoms with Crippen molar-refractivity contribution in [3.05, 3.63) is 23.3 Å². The third-order valence-corrected chi connectivity index (χ3v) is 2.75. The Hall–Kier alpha value is -1.51. The predicted molar refractivity (Wildman–Crippen MR) is 49.8 cm³/mol. The summed E-state index contributed by atoms with van der Waals surface area (Å²) in [5.41, 5.74) is 1.92. The maximum Gasteiger partial charge on any atom is 0.231 e. The molecule has 2 aliphatic rings. The van der Waals surface area contributed by atoms with Gasteiger partial charge in [0.15, 0.2) is 17.3 Å². The van der Waals surface area contributed by atoms with E-state index in [-0.39, 0.29) is 12.6 Å². The average Bonchev–Trinajstić information content (AvgIpc) is 2.62. The molecule has 1 aliphatic carbocycles. The zero-order chi connectivity index (χ0) is 9.54. The summed E-state index contributed by atoms with van der Waals surface area (Å²) in [6, 6.07) is 3.76. The van der Waals surface area contributed by atoms with Gasteiger partial charge in [-0.25, -0.2) is 0 Å². The van der Waals surface area contributed by atoms with Gasteiger partial charge < -0.3 is 9.47 Å². The molecule has 0 radical (unpaired) electrons. The molecule has 0 saturated heterocycles. The summed E-state index contributed by atoms with van der Waals surface area (Å²) in [7, 11) is 0. The van der Waals surface area contributed by atoms with Crippen LogP contribution in [-0.4, -0.2) is 12.6 Å². The Labute approximate surface area is 81.6 Å². The molecule has 3 rings (SSSR count). The van der Waals surface area contributed by atoms with Crippen LogP contribution in [0.3, 0.4) is 0 Å². The fourth-order valence-corrected chi connectivity index (χ4v) is 2.02. The fraction of sp³-hybridized carbons (Fsp3) is 0.364. The quantitative estimate of drug-likeness (QED) is 0.627. The van der Waals surface area contributed by atoms with Gasteiger partial charge in [0.25, 0.3) is 0 Å². The molecule has 1 aromatic rings. The summed E-state index contributed by atoms with van der Waals surface area (Å²) in [5, 5.41) is 0. The number of aryl methyl sites for hydroxylation is 1. The first-order valence-corrected chi connectivity index (χ1v) is 4.80. The third-order valence-electron chi connectivity index (χ3n) is 2.75. The molecule has 1 aliphatic heterocycles. The summed E-state index contributed by atoms with van der Waals surface area (Å²) in [6.45, 7) is 0.270. The van der Waals surface area contributed by atoms with Gasteiger partial charge in [0, 0.05) is 12.0 Å². The van der Waals surface area contributed by atoms with Crippen LogP contribution in [-0.2, 0) is 6.42 Å². The Morgan fingerprint density at radius 2 is 1.86 bits per heavy atom. The normalized spacial score (nSPS) is 18.1. The van der Waals surface area contributed by atoms with E-state index in [9.17, 15) is 4.79 Å². The van der Waals surface area contributed by atoms with E-state index in [1.54, 1.807) is 0 Å². The van der Waals surface area contributed by atoms with Crippen molar-refractivity contribution in [3.8, 4) is 11.5 Å². The molecule has 0 saturated carbocycles.